The van der Waals surface area contributed by atoms with Crippen molar-refractivity contribution in [2.24, 2.45) is 0 Å². The second-order valence-electron chi connectivity index (χ2n) is 5.73. The van der Waals surface area contributed by atoms with Crippen LogP contribution in [0.2, 0.25) is 0 Å². The van der Waals surface area contributed by atoms with Crippen molar-refractivity contribution in [3.63, 3.8) is 0 Å². The molecule has 0 saturated heterocycles. The quantitative estimate of drug-likeness (QED) is 0.795. The minimum absolute atomic E-state index is 0.255. The lowest BCUT2D eigenvalue weighted by Crippen LogP contribution is -2.08. The highest BCUT2D eigenvalue weighted by Gasteiger charge is 2.13. The van der Waals surface area contributed by atoms with Crippen LogP contribution in [0.25, 0.3) is 22.4 Å². The third-order valence-corrected chi connectivity index (χ3v) is 3.92. The van der Waals surface area contributed by atoms with Gasteiger partial charge >= 0.3 is 0 Å². The molecular weight excluding hydrogens is 296 g/mol. The Balaban J connectivity index is 2.13. The van der Waals surface area contributed by atoms with E-state index < -0.39 is 0 Å². The topological polar surface area (TPSA) is 65.9 Å². The van der Waals surface area contributed by atoms with E-state index in [1.807, 2.05) is 79.7 Å². The van der Waals surface area contributed by atoms with Crippen molar-refractivity contribution in [3.8, 4) is 28.5 Å². The van der Waals surface area contributed by atoms with Gasteiger partial charge in [0.05, 0.1) is 5.69 Å². The molecule has 4 nitrogen and oxygen atoms in total. The molecule has 0 fully saturated rings. The molecule has 24 heavy (non-hydrogen) atoms. The number of hydrogen-bond acceptors (Lipinski definition) is 4. The number of aromatic nitrogens is 1. The summed E-state index contributed by atoms with van der Waals surface area (Å²) in [5.74, 6) is 0.255. The summed E-state index contributed by atoms with van der Waals surface area (Å²) < 4.78 is 0. The van der Waals surface area contributed by atoms with Crippen LogP contribution in [0.15, 0.2) is 60.7 Å². The van der Waals surface area contributed by atoms with Gasteiger partial charge in [0.1, 0.15) is 17.5 Å². The number of benzene rings is 2. The molecule has 0 spiro atoms. The number of nitrogens with two attached hydrogens (primary N) is 1. The van der Waals surface area contributed by atoms with E-state index in [0.717, 1.165) is 28.1 Å². The maximum Gasteiger partial charge on any atom is 0.142 e. The third-order valence-electron chi connectivity index (χ3n) is 3.92. The summed E-state index contributed by atoms with van der Waals surface area (Å²) in [6.45, 7) is 0. The normalized spacial score (nSPS) is 10.2. The van der Waals surface area contributed by atoms with Crippen LogP contribution in [0.3, 0.4) is 0 Å². The first-order valence-corrected chi connectivity index (χ1v) is 7.64. The Labute approximate surface area is 141 Å². The monoisotopic (exact) mass is 314 g/mol. The third kappa shape index (κ3) is 2.92. The molecule has 0 bridgehead atoms. The molecule has 3 rings (SSSR count). The highest BCUT2D eigenvalue weighted by atomic mass is 15.1. The average Bonchev–Trinajstić information content (AvgIpc) is 2.62. The van der Waals surface area contributed by atoms with Gasteiger partial charge in [-0.1, -0.05) is 42.5 Å². The summed E-state index contributed by atoms with van der Waals surface area (Å²) >= 11 is 0. The summed E-state index contributed by atoms with van der Waals surface area (Å²) in [5, 5.41) is 9.44. The van der Waals surface area contributed by atoms with Crippen LogP contribution in [0.1, 0.15) is 5.56 Å². The Morgan fingerprint density at radius 3 is 2.21 bits per heavy atom. The Morgan fingerprint density at radius 2 is 1.62 bits per heavy atom. The van der Waals surface area contributed by atoms with Crippen LogP contribution in [0.4, 0.5) is 11.5 Å². The molecule has 118 valence electrons. The Hall–Kier alpha value is -3.32. The molecule has 2 N–H and O–H groups in total. The predicted molar refractivity (Wildman–Crippen MR) is 98.6 cm³/mol. The van der Waals surface area contributed by atoms with Gasteiger partial charge < -0.3 is 10.6 Å². The Bertz CT molecular complexity index is 891. The predicted octanol–water partition coefficient (Wildman–Crippen LogP) is 3.94. The SMILES string of the molecule is CN(C)c1ccc(-c2cc(-c3ccccc3)c(C#N)c(N)n2)cc1. The zero-order chi connectivity index (χ0) is 17.1. The molecule has 0 amide bonds. The van der Waals surface area contributed by atoms with Crippen molar-refractivity contribution in [2.75, 3.05) is 24.7 Å². The second kappa shape index (κ2) is 6.43. The largest absolute Gasteiger partial charge is 0.383 e. The Morgan fingerprint density at radius 1 is 0.958 bits per heavy atom. The summed E-state index contributed by atoms with van der Waals surface area (Å²) in [5.41, 5.74) is 11.1. The van der Waals surface area contributed by atoms with Gasteiger partial charge in [-0.3, -0.25) is 0 Å². The highest BCUT2D eigenvalue weighted by molar-refractivity contribution is 5.80. The van der Waals surface area contributed by atoms with Crippen LogP contribution >= 0.6 is 0 Å². The van der Waals surface area contributed by atoms with E-state index in [9.17, 15) is 5.26 Å². The lowest BCUT2D eigenvalue weighted by Gasteiger charge is -2.13. The molecule has 1 aromatic heterocycles. The van der Waals surface area contributed by atoms with Gasteiger partial charge in [-0.15, -0.1) is 0 Å². The number of rotatable bonds is 3. The van der Waals surface area contributed by atoms with Gasteiger partial charge in [0.25, 0.3) is 0 Å². The highest BCUT2D eigenvalue weighted by Crippen LogP contribution is 2.31. The van der Waals surface area contributed by atoms with Gasteiger partial charge in [-0.25, -0.2) is 4.98 Å². The summed E-state index contributed by atoms with van der Waals surface area (Å²) in [6, 6.07) is 22.0. The van der Waals surface area contributed by atoms with E-state index in [-0.39, 0.29) is 5.82 Å². The van der Waals surface area contributed by atoms with Crippen LogP contribution in [-0.4, -0.2) is 19.1 Å². The van der Waals surface area contributed by atoms with E-state index in [1.54, 1.807) is 0 Å². The van der Waals surface area contributed by atoms with Crippen molar-refractivity contribution in [3.05, 3.63) is 66.2 Å². The zero-order valence-corrected chi connectivity index (χ0v) is 13.7. The molecule has 0 aliphatic carbocycles. The minimum atomic E-state index is 0.255. The van der Waals surface area contributed by atoms with Gasteiger partial charge in [-0.2, -0.15) is 5.26 Å². The molecule has 0 aliphatic heterocycles. The van der Waals surface area contributed by atoms with Crippen molar-refractivity contribution < 1.29 is 0 Å². The molecule has 0 atom stereocenters. The van der Waals surface area contributed by atoms with Crippen molar-refractivity contribution in [1.82, 2.24) is 4.98 Å². The molecule has 1 heterocycles. The van der Waals surface area contributed by atoms with Crippen molar-refractivity contribution in [2.45, 2.75) is 0 Å². The van der Waals surface area contributed by atoms with Crippen molar-refractivity contribution in [1.29, 1.82) is 5.26 Å². The van der Waals surface area contributed by atoms with Gasteiger partial charge in [0, 0.05) is 30.9 Å². The maximum atomic E-state index is 9.44. The first-order valence-electron chi connectivity index (χ1n) is 7.64. The van der Waals surface area contributed by atoms with E-state index in [4.69, 9.17) is 5.73 Å². The molecule has 3 aromatic rings. The molecule has 0 radical (unpaired) electrons. The van der Waals surface area contributed by atoms with Crippen LogP contribution in [0.5, 0.6) is 0 Å². The fraction of sp³-hybridized carbons (Fsp3) is 0.100. The van der Waals surface area contributed by atoms with E-state index in [0.29, 0.717) is 5.56 Å². The number of hydrogen-bond donors (Lipinski definition) is 1. The Kier molecular flexibility index (Phi) is 4.17. The van der Waals surface area contributed by atoms with Gasteiger partial charge in [-0.05, 0) is 23.8 Å². The first kappa shape index (κ1) is 15.6. The fourth-order valence-corrected chi connectivity index (χ4v) is 2.61. The van der Waals surface area contributed by atoms with Crippen LogP contribution in [0, 0.1) is 11.3 Å². The standard InChI is InChI=1S/C20H18N4/c1-24(2)16-10-8-15(9-11-16)19-12-17(14-6-4-3-5-7-14)18(13-21)20(22)23-19/h3-12H,1-2H3,(H2,22,23). The summed E-state index contributed by atoms with van der Waals surface area (Å²) in [4.78, 5) is 6.46. The average molecular weight is 314 g/mol. The van der Waals surface area contributed by atoms with E-state index in [1.165, 1.54) is 0 Å². The smallest absolute Gasteiger partial charge is 0.142 e. The van der Waals surface area contributed by atoms with Crippen molar-refractivity contribution >= 4 is 11.5 Å². The summed E-state index contributed by atoms with van der Waals surface area (Å²) in [6.07, 6.45) is 0. The zero-order valence-electron chi connectivity index (χ0n) is 13.7. The molecule has 2 aromatic carbocycles. The van der Waals surface area contributed by atoms with E-state index in [2.05, 4.69) is 11.1 Å². The second-order valence-corrected chi connectivity index (χ2v) is 5.73. The molecule has 0 aliphatic rings. The molecule has 0 unspecified atom stereocenters. The molecule has 4 heteroatoms. The fourth-order valence-electron chi connectivity index (χ4n) is 2.61. The number of nitriles is 1. The van der Waals surface area contributed by atoms with E-state index >= 15 is 0 Å². The number of nitrogens with zero attached hydrogens (tertiary/aromatic N) is 3. The first-order chi connectivity index (χ1) is 11.6. The summed E-state index contributed by atoms with van der Waals surface area (Å²) in [7, 11) is 4.00. The molecular formula is C20H18N4. The van der Waals surface area contributed by atoms with Crippen LogP contribution < -0.4 is 10.6 Å². The lowest BCUT2D eigenvalue weighted by atomic mass is 9.98. The maximum absolute atomic E-state index is 9.44. The number of pyridine rings is 1. The van der Waals surface area contributed by atoms with Gasteiger partial charge in [0.2, 0.25) is 0 Å². The lowest BCUT2D eigenvalue weighted by molar-refractivity contribution is 1.13. The number of nitrogen functional groups attached to an aromatic ring is 1. The van der Waals surface area contributed by atoms with Crippen LogP contribution in [-0.2, 0) is 0 Å². The number of anilines is 2. The van der Waals surface area contributed by atoms with Gasteiger partial charge in [0.15, 0.2) is 0 Å². The molecule has 0 saturated carbocycles. The minimum Gasteiger partial charge on any atom is -0.383 e.